The topological polar surface area (TPSA) is 63.2 Å². The van der Waals surface area contributed by atoms with Crippen LogP contribution in [-0.4, -0.2) is 21.8 Å². The molecule has 0 unspecified atom stereocenters. The minimum absolute atomic E-state index is 0.235. The van der Waals surface area contributed by atoms with Gasteiger partial charge in [-0.15, -0.1) is 0 Å². The van der Waals surface area contributed by atoms with Crippen LogP contribution in [0.3, 0.4) is 0 Å². The molecule has 2 heterocycles. The summed E-state index contributed by atoms with van der Waals surface area (Å²) in [4.78, 5) is 35.7. The summed E-state index contributed by atoms with van der Waals surface area (Å²) in [7, 11) is 0. The molecule has 0 N–H and O–H groups in total. The van der Waals surface area contributed by atoms with Crippen molar-refractivity contribution < 1.29 is 9.59 Å². The Morgan fingerprint density at radius 1 is 0.759 bits per heavy atom. The Morgan fingerprint density at radius 2 is 1.34 bits per heavy atom. The molecule has 5 rings (SSSR count). The van der Waals surface area contributed by atoms with Crippen molar-refractivity contribution in [3.05, 3.63) is 88.0 Å². The first-order valence-electron chi connectivity index (χ1n) is 8.73. The number of hydrogen-bond donors (Lipinski definition) is 0. The number of halogens is 2. The first kappa shape index (κ1) is 17.8. The van der Waals surface area contributed by atoms with Gasteiger partial charge in [0.1, 0.15) is 0 Å². The summed E-state index contributed by atoms with van der Waals surface area (Å²) in [5.74, 6) is -0.858. The van der Waals surface area contributed by atoms with Crippen molar-refractivity contribution in [1.29, 1.82) is 0 Å². The second-order valence-corrected chi connectivity index (χ2v) is 7.36. The smallest absolute Gasteiger partial charge is 0.266 e. The lowest BCUT2D eigenvalue weighted by Crippen LogP contribution is -2.29. The summed E-state index contributed by atoms with van der Waals surface area (Å²) in [5, 5.41) is 0.470. The van der Waals surface area contributed by atoms with Crippen molar-refractivity contribution in [3.8, 4) is 11.3 Å². The van der Waals surface area contributed by atoms with Crippen LogP contribution in [0.15, 0.2) is 66.9 Å². The number of carbonyl (C=O) groups excluding carboxylic acids is 2. The summed E-state index contributed by atoms with van der Waals surface area (Å²) < 4.78 is 0. The molecule has 7 heteroatoms. The first-order valence-corrected chi connectivity index (χ1v) is 9.48. The van der Waals surface area contributed by atoms with Gasteiger partial charge in [0.15, 0.2) is 0 Å². The molecular weight excluding hydrogens is 409 g/mol. The number of para-hydroxylation sites is 2. The highest BCUT2D eigenvalue weighted by atomic mass is 35.5. The quantitative estimate of drug-likeness (QED) is 0.407. The molecule has 0 radical (unpaired) electrons. The van der Waals surface area contributed by atoms with Gasteiger partial charge in [0.2, 0.25) is 0 Å². The van der Waals surface area contributed by atoms with Crippen LogP contribution >= 0.6 is 23.2 Å². The minimum atomic E-state index is -0.429. The van der Waals surface area contributed by atoms with Crippen molar-refractivity contribution in [2.24, 2.45) is 0 Å². The van der Waals surface area contributed by atoms with Crippen molar-refractivity contribution in [3.63, 3.8) is 0 Å². The van der Waals surface area contributed by atoms with Gasteiger partial charge in [-0.25, -0.2) is 9.88 Å². The Kier molecular flexibility index (Phi) is 4.08. The van der Waals surface area contributed by atoms with Crippen LogP contribution < -0.4 is 4.90 Å². The van der Waals surface area contributed by atoms with Gasteiger partial charge in [-0.2, -0.15) is 0 Å². The van der Waals surface area contributed by atoms with E-state index in [0.717, 1.165) is 21.5 Å². The Labute approximate surface area is 175 Å². The second-order valence-electron chi connectivity index (χ2n) is 6.55. The Morgan fingerprint density at radius 3 is 1.97 bits per heavy atom. The van der Waals surface area contributed by atoms with Crippen LogP contribution in [0, 0.1) is 0 Å². The van der Waals surface area contributed by atoms with Gasteiger partial charge in [0.25, 0.3) is 11.8 Å². The molecule has 0 saturated carbocycles. The molecule has 0 atom stereocenters. The van der Waals surface area contributed by atoms with E-state index in [1.807, 2.05) is 24.3 Å². The number of amides is 2. The van der Waals surface area contributed by atoms with Crippen molar-refractivity contribution in [1.82, 2.24) is 9.97 Å². The molecule has 0 bridgehead atoms. The number of benzene rings is 3. The molecule has 1 aromatic heterocycles. The molecular formula is C22H11Cl2N3O2. The Balaban J connectivity index is 1.50. The zero-order valence-electron chi connectivity index (χ0n) is 14.8. The summed E-state index contributed by atoms with van der Waals surface area (Å²) in [5.41, 5.74) is 4.09. The van der Waals surface area contributed by atoms with Crippen LogP contribution in [0.5, 0.6) is 0 Å². The molecule has 3 aromatic carbocycles. The van der Waals surface area contributed by atoms with Gasteiger partial charge in [0, 0.05) is 5.56 Å². The fourth-order valence-electron chi connectivity index (χ4n) is 3.35. The van der Waals surface area contributed by atoms with Crippen LogP contribution in [0.4, 0.5) is 5.69 Å². The van der Waals surface area contributed by atoms with E-state index in [9.17, 15) is 9.59 Å². The lowest BCUT2D eigenvalue weighted by atomic mass is 10.1. The van der Waals surface area contributed by atoms with Gasteiger partial charge in [-0.05, 0) is 36.4 Å². The highest BCUT2D eigenvalue weighted by molar-refractivity contribution is 6.44. The highest BCUT2D eigenvalue weighted by Crippen LogP contribution is 2.34. The lowest BCUT2D eigenvalue weighted by Gasteiger charge is -2.14. The fourth-order valence-corrected chi connectivity index (χ4v) is 3.67. The van der Waals surface area contributed by atoms with Gasteiger partial charge >= 0.3 is 0 Å². The molecule has 0 aliphatic carbocycles. The fraction of sp³-hybridized carbons (Fsp3) is 0. The third kappa shape index (κ3) is 2.87. The molecule has 1 aliphatic rings. The summed E-state index contributed by atoms with van der Waals surface area (Å²) >= 11 is 12.0. The van der Waals surface area contributed by atoms with E-state index in [1.165, 1.54) is 12.1 Å². The van der Waals surface area contributed by atoms with E-state index in [-0.39, 0.29) is 21.2 Å². The SMILES string of the molecule is O=C1c2cc(Cl)c(Cl)cc2C(=O)N1c1ccc(-c2cnc3ccccc3n2)cc1. The zero-order valence-corrected chi connectivity index (χ0v) is 16.3. The van der Waals surface area contributed by atoms with Crippen LogP contribution in [0.25, 0.3) is 22.3 Å². The van der Waals surface area contributed by atoms with E-state index in [4.69, 9.17) is 23.2 Å². The predicted molar refractivity (Wildman–Crippen MR) is 113 cm³/mol. The molecule has 4 aromatic rings. The second kappa shape index (κ2) is 6.65. The molecule has 2 amide bonds. The molecule has 140 valence electrons. The van der Waals surface area contributed by atoms with Crippen molar-refractivity contribution >= 4 is 51.7 Å². The van der Waals surface area contributed by atoms with Crippen molar-refractivity contribution in [2.45, 2.75) is 0 Å². The third-order valence-corrected chi connectivity index (χ3v) is 5.52. The third-order valence-electron chi connectivity index (χ3n) is 4.80. The van der Waals surface area contributed by atoms with E-state index >= 15 is 0 Å². The lowest BCUT2D eigenvalue weighted by molar-refractivity contribution is 0.0926. The normalized spacial score (nSPS) is 13.2. The van der Waals surface area contributed by atoms with E-state index in [1.54, 1.807) is 30.5 Å². The number of nitrogens with zero attached hydrogens (tertiary/aromatic N) is 3. The number of imide groups is 1. The maximum Gasteiger partial charge on any atom is 0.266 e. The number of hydrogen-bond acceptors (Lipinski definition) is 4. The Bertz CT molecular complexity index is 1280. The number of anilines is 1. The van der Waals surface area contributed by atoms with Gasteiger partial charge in [-0.1, -0.05) is 47.5 Å². The molecule has 0 spiro atoms. The number of aromatic nitrogens is 2. The van der Waals surface area contributed by atoms with E-state index < -0.39 is 11.8 Å². The number of carbonyl (C=O) groups is 2. The average Bonchev–Trinajstić information content (AvgIpc) is 2.98. The molecule has 1 aliphatic heterocycles. The molecule has 0 fully saturated rings. The molecule has 0 saturated heterocycles. The van der Waals surface area contributed by atoms with Gasteiger partial charge in [0.05, 0.1) is 49.8 Å². The molecule has 29 heavy (non-hydrogen) atoms. The maximum absolute atomic E-state index is 12.8. The summed E-state index contributed by atoms with van der Waals surface area (Å²) in [6, 6.07) is 17.5. The number of fused-ring (bicyclic) bond motifs is 2. The predicted octanol–water partition coefficient (Wildman–Crippen LogP) is 5.40. The maximum atomic E-state index is 12.8. The minimum Gasteiger partial charge on any atom is -0.268 e. The summed E-state index contributed by atoms with van der Waals surface area (Å²) in [6.45, 7) is 0. The first-order chi connectivity index (χ1) is 14.0. The zero-order chi connectivity index (χ0) is 20.1. The van der Waals surface area contributed by atoms with Crippen LogP contribution in [0.2, 0.25) is 10.0 Å². The standard InChI is InChI=1S/C22H11Cl2N3O2/c23-16-9-14-15(10-17(16)24)22(29)27(21(14)28)13-7-5-12(6-8-13)20-11-25-18-3-1-2-4-19(18)26-20/h1-11H. The van der Waals surface area contributed by atoms with Crippen LogP contribution in [0.1, 0.15) is 20.7 Å². The number of rotatable bonds is 2. The molecule has 5 nitrogen and oxygen atoms in total. The van der Waals surface area contributed by atoms with E-state index in [0.29, 0.717) is 11.4 Å². The average molecular weight is 420 g/mol. The van der Waals surface area contributed by atoms with Gasteiger partial charge < -0.3 is 0 Å². The monoisotopic (exact) mass is 419 g/mol. The largest absolute Gasteiger partial charge is 0.268 e. The highest BCUT2D eigenvalue weighted by Gasteiger charge is 2.37. The summed E-state index contributed by atoms with van der Waals surface area (Å²) in [6.07, 6.45) is 1.70. The van der Waals surface area contributed by atoms with E-state index in [2.05, 4.69) is 9.97 Å². The Hall–Kier alpha value is -3.28. The van der Waals surface area contributed by atoms with Crippen molar-refractivity contribution in [2.75, 3.05) is 4.90 Å². The van der Waals surface area contributed by atoms with Gasteiger partial charge in [-0.3, -0.25) is 14.6 Å². The van der Waals surface area contributed by atoms with Crippen LogP contribution in [-0.2, 0) is 0 Å².